The number of piperidine rings is 1. The van der Waals surface area contributed by atoms with Crippen molar-refractivity contribution in [3.05, 3.63) is 83.3 Å². The minimum atomic E-state index is -0.283. The average molecular weight is 561 g/mol. The number of aromatic nitrogens is 2. The van der Waals surface area contributed by atoms with E-state index in [1.54, 1.807) is 7.11 Å². The zero-order chi connectivity index (χ0) is 28.2. The van der Waals surface area contributed by atoms with E-state index in [2.05, 4.69) is 14.6 Å². The number of likely N-dealkylation sites (tertiary alicyclic amines) is 1. The number of fused-ring (bicyclic) bond motifs is 1. The minimum absolute atomic E-state index is 0.0211. The Morgan fingerprint density at radius 3 is 2.52 bits per heavy atom. The van der Waals surface area contributed by atoms with Crippen LogP contribution < -0.4 is 10.6 Å². The van der Waals surface area contributed by atoms with Gasteiger partial charge in [0.05, 0.1) is 12.1 Å². The molecule has 1 saturated heterocycles. The highest BCUT2D eigenvalue weighted by Crippen LogP contribution is 2.26. The molecule has 1 fully saturated rings. The molecule has 0 bridgehead atoms. The molecule has 9 heteroatoms. The number of nitrogens with one attached hydrogen (secondary N) is 1. The third kappa shape index (κ3) is 6.24. The van der Waals surface area contributed by atoms with Crippen LogP contribution in [0.4, 0.5) is 4.39 Å². The molecule has 1 aliphatic rings. The first kappa shape index (κ1) is 27.9. The van der Waals surface area contributed by atoms with E-state index in [4.69, 9.17) is 9.84 Å². The van der Waals surface area contributed by atoms with Gasteiger partial charge in [0.2, 0.25) is 0 Å². The van der Waals surface area contributed by atoms with Gasteiger partial charge in [-0.15, -0.1) is 9.24 Å². The van der Waals surface area contributed by atoms with Crippen LogP contribution in [0.2, 0.25) is 0 Å². The highest BCUT2D eigenvalue weighted by atomic mass is 31.0. The molecule has 7 nitrogen and oxygen atoms in total. The standard InChI is InChI=1S/C31H34FN4O3P/c1-20-27(30(37)33-11-14-39-2)7-8-29-28(20)19-36(34-29)18-21-9-12-35(13-10-21)31(38)23-5-3-22(4-6-23)24-15-25(32)17-26(40)16-24/h3-8,15-17,19,21H,9-14,18,40H2,1-2H3,(H,33,37). The molecule has 0 radical (unpaired) electrons. The molecule has 208 valence electrons. The van der Waals surface area contributed by atoms with E-state index in [0.29, 0.717) is 43.3 Å². The molecule has 0 saturated carbocycles. The Hall–Kier alpha value is -3.61. The van der Waals surface area contributed by atoms with Gasteiger partial charge < -0.3 is 15.0 Å². The molecule has 1 aliphatic heterocycles. The van der Waals surface area contributed by atoms with E-state index < -0.39 is 0 Å². The van der Waals surface area contributed by atoms with Gasteiger partial charge in [-0.2, -0.15) is 5.10 Å². The molecule has 0 spiro atoms. The van der Waals surface area contributed by atoms with Gasteiger partial charge in [0.1, 0.15) is 5.82 Å². The van der Waals surface area contributed by atoms with E-state index >= 15 is 0 Å². The number of methoxy groups -OCH3 is 1. The van der Waals surface area contributed by atoms with E-state index in [1.807, 2.05) is 65.2 Å². The van der Waals surface area contributed by atoms with Crippen LogP contribution in [0.3, 0.4) is 0 Å². The fraction of sp³-hybridized carbons (Fsp3) is 0.323. The summed E-state index contributed by atoms with van der Waals surface area (Å²) in [5.41, 5.74) is 4.73. The van der Waals surface area contributed by atoms with E-state index in [-0.39, 0.29) is 17.6 Å². The zero-order valence-corrected chi connectivity index (χ0v) is 24.0. The summed E-state index contributed by atoms with van der Waals surface area (Å²) >= 11 is 0. The fourth-order valence-corrected chi connectivity index (χ4v) is 5.67. The van der Waals surface area contributed by atoms with Crippen LogP contribution in [0.25, 0.3) is 22.0 Å². The topological polar surface area (TPSA) is 76.5 Å². The molecule has 2 amide bonds. The highest BCUT2D eigenvalue weighted by molar-refractivity contribution is 7.27. The predicted octanol–water partition coefficient (Wildman–Crippen LogP) is 4.58. The van der Waals surface area contributed by atoms with Crippen molar-refractivity contribution < 1.29 is 18.7 Å². The number of carbonyl (C=O) groups is 2. The SMILES string of the molecule is COCCNC(=O)c1ccc2nn(CC3CCN(C(=O)c4ccc(-c5cc(F)cc(P)c5)cc4)CC3)cc2c1C. The Morgan fingerprint density at radius 2 is 1.82 bits per heavy atom. The summed E-state index contributed by atoms with van der Waals surface area (Å²) < 4.78 is 20.8. The molecule has 0 aliphatic carbocycles. The largest absolute Gasteiger partial charge is 0.383 e. The van der Waals surface area contributed by atoms with Gasteiger partial charge in [-0.05, 0) is 90.1 Å². The Kier molecular flexibility index (Phi) is 8.57. The normalized spacial score (nSPS) is 14.1. The molecular weight excluding hydrogens is 526 g/mol. The Morgan fingerprint density at radius 1 is 1.07 bits per heavy atom. The number of hydrogen-bond donors (Lipinski definition) is 1. The van der Waals surface area contributed by atoms with Gasteiger partial charge in [0, 0.05) is 56.0 Å². The van der Waals surface area contributed by atoms with Crippen molar-refractivity contribution in [2.75, 3.05) is 33.4 Å². The molecule has 1 N–H and O–H groups in total. The maximum Gasteiger partial charge on any atom is 0.253 e. The number of rotatable bonds is 8. The highest BCUT2D eigenvalue weighted by Gasteiger charge is 2.24. The second-order valence-electron chi connectivity index (χ2n) is 10.4. The molecule has 5 rings (SSSR count). The maximum absolute atomic E-state index is 13.8. The lowest BCUT2D eigenvalue weighted by atomic mass is 9.96. The molecule has 1 unspecified atom stereocenters. The summed E-state index contributed by atoms with van der Waals surface area (Å²) in [4.78, 5) is 27.6. The first-order valence-corrected chi connectivity index (χ1v) is 14.1. The third-order valence-corrected chi connectivity index (χ3v) is 7.91. The maximum atomic E-state index is 13.8. The Labute approximate surface area is 235 Å². The van der Waals surface area contributed by atoms with Gasteiger partial charge in [-0.1, -0.05) is 12.1 Å². The number of halogens is 1. The van der Waals surface area contributed by atoms with Gasteiger partial charge in [0.15, 0.2) is 0 Å². The Bertz CT molecular complexity index is 1510. The van der Waals surface area contributed by atoms with Crippen LogP contribution in [0, 0.1) is 18.7 Å². The quantitative estimate of drug-likeness (QED) is 0.253. The zero-order valence-electron chi connectivity index (χ0n) is 22.8. The summed E-state index contributed by atoms with van der Waals surface area (Å²) in [6, 6.07) is 16.0. The Balaban J connectivity index is 1.18. The lowest BCUT2D eigenvalue weighted by Gasteiger charge is -2.32. The fourth-order valence-electron chi connectivity index (χ4n) is 5.33. The lowest BCUT2D eigenvalue weighted by Crippen LogP contribution is -2.39. The second-order valence-corrected chi connectivity index (χ2v) is 11.0. The summed E-state index contributed by atoms with van der Waals surface area (Å²) in [5.74, 6) is 0.0356. The number of hydrogen-bond acceptors (Lipinski definition) is 4. The van der Waals surface area contributed by atoms with Crippen molar-refractivity contribution in [3.63, 3.8) is 0 Å². The van der Waals surface area contributed by atoms with Gasteiger partial charge in [-0.25, -0.2) is 4.39 Å². The van der Waals surface area contributed by atoms with E-state index in [1.165, 1.54) is 12.1 Å². The van der Waals surface area contributed by atoms with Crippen LogP contribution in [0.5, 0.6) is 0 Å². The van der Waals surface area contributed by atoms with Crippen LogP contribution in [0.1, 0.15) is 39.1 Å². The van der Waals surface area contributed by atoms with Gasteiger partial charge >= 0.3 is 0 Å². The number of ether oxygens (including phenoxy) is 1. The van der Waals surface area contributed by atoms with Crippen molar-refractivity contribution in [3.8, 4) is 11.1 Å². The van der Waals surface area contributed by atoms with E-state index in [0.717, 1.165) is 52.3 Å². The summed E-state index contributed by atoms with van der Waals surface area (Å²) in [6.07, 6.45) is 3.81. The molecular formula is C31H34FN4O3P. The molecule has 4 aromatic rings. The number of amides is 2. The molecule has 1 atom stereocenters. The van der Waals surface area contributed by atoms with Gasteiger partial charge in [0.25, 0.3) is 11.8 Å². The number of benzene rings is 3. The lowest BCUT2D eigenvalue weighted by molar-refractivity contribution is 0.0681. The predicted molar refractivity (Wildman–Crippen MR) is 158 cm³/mol. The van der Waals surface area contributed by atoms with Gasteiger partial charge in [-0.3, -0.25) is 14.3 Å². The number of aryl methyl sites for hydroxylation is 1. The van der Waals surface area contributed by atoms with Crippen LogP contribution >= 0.6 is 9.24 Å². The first-order chi connectivity index (χ1) is 19.3. The summed E-state index contributed by atoms with van der Waals surface area (Å²) in [5, 5.41) is 9.38. The minimum Gasteiger partial charge on any atom is -0.383 e. The third-order valence-electron chi connectivity index (χ3n) is 7.57. The van der Waals surface area contributed by atoms with Crippen LogP contribution in [0.15, 0.2) is 60.8 Å². The van der Waals surface area contributed by atoms with Crippen molar-refractivity contribution in [2.45, 2.75) is 26.3 Å². The van der Waals surface area contributed by atoms with Crippen LogP contribution in [-0.2, 0) is 11.3 Å². The smallest absolute Gasteiger partial charge is 0.253 e. The summed E-state index contributed by atoms with van der Waals surface area (Å²) in [6.45, 7) is 5.04. The van der Waals surface area contributed by atoms with Crippen LogP contribution in [-0.4, -0.2) is 59.8 Å². The first-order valence-electron chi connectivity index (χ1n) is 13.5. The van der Waals surface area contributed by atoms with Crippen molar-refractivity contribution in [1.82, 2.24) is 20.0 Å². The van der Waals surface area contributed by atoms with E-state index in [9.17, 15) is 14.0 Å². The monoisotopic (exact) mass is 560 g/mol. The average Bonchev–Trinajstić information content (AvgIpc) is 3.36. The summed E-state index contributed by atoms with van der Waals surface area (Å²) in [7, 11) is 4.12. The number of nitrogens with zero attached hydrogens (tertiary/aromatic N) is 3. The van der Waals surface area contributed by atoms with Crippen molar-refractivity contribution >= 4 is 37.3 Å². The number of carbonyl (C=O) groups excluding carboxylic acids is 2. The molecule has 40 heavy (non-hydrogen) atoms. The molecule has 1 aromatic heterocycles. The molecule has 3 aromatic carbocycles. The second kappa shape index (κ2) is 12.3. The van der Waals surface area contributed by atoms with Crippen molar-refractivity contribution in [1.29, 1.82) is 0 Å². The van der Waals surface area contributed by atoms with Crippen molar-refractivity contribution in [2.24, 2.45) is 5.92 Å². The molecule has 2 heterocycles.